The van der Waals surface area contributed by atoms with Gasteiger partial charge in [0.15, 0.2) is 0 Å². The van der Waals surface area contributed by atoms with E-state index in [1.54, 1.807) is 0 Å². The highest BCUT2D eigenvalue weighted by Crippen LogP contribution is 2.53. The maximum Gasteiger partial charge on any atom is 0.0178 e. The average molecular weight is 413 g/mol. The lowest BCUT2D eigenvalue weighted by atomic mass is 9.80. The fraction of sp³-hybridized carbons (Fsp3) is 0.154. The van der Waals surface area contributed by atoms with Gasteiger partial charge >= 0.3 is 0 Å². The monoisotopic (exact) mass is 412 g/mol. The minimum atomic E-state index is -0.0179. The van der Waals surface area contributed by atoms with Gasteiger partial charge in [0.1, 0.15) is 0 Å². The van der Waals surface area contributed by atoms with Gasteiger partial charge in [0, 0.05) is 9.89 Å². The van der Waals surface area contributed by atoms with Gasteiger partial charge in [0.2, 0.25) is 0 Å². The molecule has 4 aromatic rings. The van der Waals surface area contributed by atoms with Crippen LogP contribution in [-0.4, -0.2) is 0 Å². The molecule has 0 spiro atoms. The Balaban J connectivity index is 1.94. The summed E-state index contributed by atoms with van der Waals surface area (Å²) >= 11 is 3.67. The summed E-state index contributed by atoms with van der Waals surface area (Å²) in [6, 6.07) is 26.7. The first kappa shape index (κ1) is 16.8. The van der Waals surface area contributed by atoms with Crippen molar-refractivity contribution in [1.82, 2.24) is 0 Å². The van der Waals surface area contributed by atoms with E-state index in [-0.39, 0.29) is 5.41 Å². The Morgan fingerprint density at radius 3 is 2.15 bits per heavy atom. The lowest BCUT2D eigenvalue weighted by molar-refractivity contribution is 0.660. The van der Waals surface area contributed by atoms with Crippen LogP contribution in [0.25, 0.3) is 33.0 Å². The molecule has 0 amide bonds. The molecule has 1 heteroatoms. The van der Waals surface area contributed by atoms with Crippen LogP contribution in [0.4, 0.5) is 0 Å². The Morgan fingerprint density at radius 1 is 0.667 bits per heavy atom. The second-order valence-electron chi connectivity index (χ2n) is 8.02. The molecule has 0 fully saturated rings. The first-order chi connectivity index (χ1) is 13.0. The molecule has 5 rings (SSSR count). The molecule has 0 saturated heterocycles. The van der Waals surface area contributed by atoms with E-state index in [4.69, 9.17) is 0 Å². The molecule has 0 unspecified atom stereocenters. The van der Waals surface area contributed by atoms with Crippen molar-refractivity contribution in [2.45, 2.75) is 26.2 Å². The maximum atomic E-state index is 3.67. The highest BCUT2D eigenvalue weighted by Gasteiger charge is 2.37. The maximum absolute atomic E-state index is 3.67. The summed E-state index contributed by atoms with van der Waals surface area (Å²) in [5.41, 5.74) is 9.55. The Morgan fingerprint density at radius 2 is 1.37 bits per heavy atom. The number of hydrogen-bond donors (Lipinski definition) is 0. The Labute approximate surface area is 169 Å². The quantitative estimate of drug-likeness (QED) is 0.298. The lowest BCUT2D eigenvalue weighted by Gasteiger charge is -2.23. The van der Waals surface area contributed by atoms with E-state index in [9.17, 15) is 0 Å². The topological polar surface area (TPSA) is 0 Å². The molecule has 0 bridgehead atoms. The number of aryl methyl sites for hydroxylation is 1. The molecule has 0 radical (unpaired) electrons. The largest absolute Gasteiger partial charge is 0.0620 e. The molecule has 4 aromatic carbocycles. The third-order valence-electron chi connectivity index (χ3n) is 6.08. The van der Waals surface area contributed by atoms with Gasteiger partial charge in [-0.1, -0.05) is 84.4 Å². The Bertz CT molecular complexity index is 1210. The van der Waals surface area contributed by atoms with Crippen molar-refractivity contribution in [2.24, 2.45) is 0 Å². The molecular weight excluding hydrogens is 392 g/mol. The minimum absolute atomic E-state index is 0.0179. The third-order valence-corrected chi connectivity index (χ3v) is 6.57. The number of fused-ring (bicyclic) bond motifs is 5. The Hall–Kier alpha value is -2.38. The van der Waals surface area contributed by atoms with Crippen LogP contribution in [0.3, 0.4) is 0 Å². The van der Waals surface area contributed by atoms with Crippen molar-refractivity contribution in [3.8, 4) is 22.3 Å². The zero-order valence-corrected chi connectivity index (χ0v) is 17.4. The number of benzene rings is 4. The molecule has 0 heterocycles. The van der Waals surface area contributed by atoms with Crippen LogP contribution < -0.4 is 0 Å². The molecular formula is C26H21Br. The SMILES string of the molecule is Cc1ccccc1-c1cc2c(c3ccccc13)-c1ccc(Br)cc1C2(C)C. The summed E-state index contributed by atoms with van der Waals surface area (Å²) in [4.78, 5) is 0. The summed E-state index contributed by atoms with van der Waals surface area (Å²) in [5, 5.41) is 2.68. The van der Waals surface area contributed by atoms with E-state index in [0.29, 0.717) is 0 Å². The molecule has 27 heavy (non-hydrogen) atoms. The number of hydrogen-bond acceptors (Lipinski definition) is 0. The van der Waals surface area contributed by atoms with Gasteiger partial charge in [-0.25, -0.2) is 0 Å². The zero-order chi connectivity index (χ0) is 18.8. The molecule has 0 aromatic heterocycles. The summed E-state index contributed by atoms with van der Waals surface area (Å²) in [6.07, 6.45) is 0. The molecule has 1 aliphatic carbocycles. The van der Waals surface area contributed by atoms with Gasteiger partial charge in [0.05, 0.1) is 0 Å². The minimum Gasteiger partial charge on any atom is -0.0620 e. The van der Waals surface area contributed by atoms with Gasteiger partial charge in [-0.3, -0.25) is 0 Å². The van der Waals surface area contributed by atoms with Gasteiger partial charge in [0.25, 0.3) is 0 Å². The van der Waals surface area contributed by atoms with Crippen LogP contribution in [-0.2, 0) is 5.41 Å². The standard InChI is InChI=1S/C26H21Br/c1-16-8-4-5-9-18(16)22-15-24-25(20-11-7-6-10-19(20)22)21-13-12-17(27)14-23(21)26(24,2)3/h4-15H,1-3H3. The fourth-order valence-corrected chi connectivity index (χ4v) is 5.01. The predicted octanol–water partition coefficient (Wildman–Crippen LogP) is 7.88. The van der Waals surface area contributed by atoms with Crippen LogP contribution in [0.2, 0.25) is 0 Å². The second-order valence-corrected chi connectivity index (χ2v) is 8.94. The van der Waals surface area contributed by atoms with Crippen molar-refractivity contribution in [1.29, 1.82) is 0 Å². The third kappa shape index (κ3) is 2.34. The predicted molar refractivity (Wildman–Crippen MR) is 119 cm³/mol. The van der Waals surface area contributed by atoms with Crippen LogP contribution in [0.5, 0.6) is 0 Å². The highest BCUT2D eigenvalue weighted by atomic mass is 79.9. The molecule has 0 aliphatic heterocycles. The molecule has 0 atom stereocenters. The van der Waals surface area contributed by atoms with Crippen LogP contribution >= 0.6 is 15.9 Å². The van der Waals surface area contributed by atoms with Crippen molar-refractivity contribution in [3.63, 3.8) is 0 Å². The molecule has 0 saturated carbocycles. The van der Waals surface area contributed by atoms with E-state index in [2.05, 4.69) is 109 Å². The van der Waals surface area contributed by atoms with Crippen molar-refractivity contribution >= 4 is 26.7 Å². The van der Waals surface area contributed by atoms with Crippen LogP contribution in [0.1, 0.15) is 30.5 Å². The van der Waals surface area contributed by atoms with Gasteiger partial charge in [-0.2, -0.15) is 0 Å². The van der Waals surface area contributed by atoms with Gasteiger partial charge < -0.3 is 0 Å². The first-order valence-electron chi connectivity index (χ1n) is 9.41. The summed E-state index contributed by atoms with van der Waals surface area (Å²) in [5.74, 6) is 0. The summed E-state index contributed by atoms with van der Waals surface area (Å²) in [7, 11) is 0. The number of rotatable bonds is 1. The molecule has 132 valence electrons. The van der Waals surface area contributed by atoms with Crippen molar-refractivity contribution in [2.75, 3.05) is 0 Å². The van der Waals surface area contributed by atoms with Crippen LogP contribution in [0.15, 0.2) is 77.3 Å². The first-order valence-corrected chi connectivity index (χ1v) is 10.2. The molecule has 0 nitrogen and oxygen atoms in total. The van der Waals surface area contributed by atoms with Crippen molar-refractivity contribution in [3.05, 3.63) is 94.0 Å². The van der Waals surface area contributed by atoms with E-state index >= 15 is 0 Å². The summed E-state index contributed by atoms with van der Waals surface area (Å²) in [6.45, 7) is 6.90. The van der Waals surface area contributed by atoms with E-state index < -0.39 is 0 Å². The lowest BCUT2D eigenvalue weighted by Crippen LogP contribution is -2.15. The number of halogens is 1. The summed E-state index contributed by atoms with van der Waals surface area (Å²) < 4.78 is 1.14. The normalized spacial score (nSPS) is 14.2. The van der Waals surface area contributed by atoms with E-state index in [0.717, 1.165) is 4.47 Å². The Kier molecular flexibility index (Phi) is 3.61. The highest BCUT2D eigenvalue weighted by molar-refractivity contribution is 9.10. The van der Waals surface area contributed by atoms with Crippen molar-refractivity contribution < 1.29 is 0 Å². The molecule has 0 N–H and O–H groups in total. The average Bonchev–Trinajstić information content (AvgIpc) is 2.89. The smallest absolute Gasteiger partial charge is 0.0178 e. The zero-order valence-electron chi connectivity index (χ0n) is 15.8. The van der Waals surface area contributed by atoms with Gasteiger partial charge in [-0.05, 0) is 74.8 Å². The molecule has 1 aliphatic rings. The second kappa shape index (κ2) is 5.81. The van der Waals surface area contributed by atoms with Crippen LogP contribution in [0, 0.1) is 6.92 Å². The fourth-order valence-electron chi connectivity index (χ4n) is 4.65. The van der Waals surface area contributed by atoms with E-state index in [1.165, 1.54) is 49.7 Å². The van der Waals surface area contributed by atoms with E-state index in [1.807, 2.05) is 0 Å². The van der Waals surface area contributed by atoms with Gasteiger partial charge in [-0.15, -0.1) is 0 Å².